The molecule has 0 amide bonds. The van der Waals surface area contributed by atoms with E-state index in [4.69, 9.17) is 0 Å². The second-order valence-electron chi connectivity index (χ2n) is 5.58. The Morgan fingerprint density at radius 1 is 1.06 bits per heavy atom. The minimum absolute atomic E-state index is 0.786. The lowest BCUT2D eigenvalue weighted by Crippen LogP contribution is -2.44. The molecule has 94 valence electrons. The van der Waals surface area contributed by atoms with E-state index in [0.717, 1.165) is 12.1 Å². The first-order valence-electron chi connectivity index (χ1n) is 7.37. The van der Waals surface area contributed by atoms with Crippen LogP contribution < -0.4 is 5.32 Å². The van der Waals surface area contributed by atoms with Crippen molar-refractivity contribution in [2.45, 2.75) is 70.4 Å². The van der Waals surface area contributed by atoms with Gasteiger partial charge >= 0.3 is 0 Å². The fraction of sp³-hybridized carbons (Fsp3) is 1.00. The summed E-state index contributed by atoms with van der Waals surface area (Å²) < 4.78 is 0. The molecule has 2 aliphatic rings. The lowest BCUT2D eigenvalue weighted by molar-refractivity contribution is 0.144. The molecule has 0 bridgehead atoms. The fourth-order valence-corrected chi connectivity index (χ4v) is 3.35. The number of nitrogens with one attached hydrogen (secondary N) is 1. The molecule has 0 aromatic carbocycles. The van der Waals surface area contributed by atoms with Crippen molar-refractivity contribution in [1.82, 2.24) is 10.2 Å². The maximum absolute atomic E-state index is 3.64. The van der Waals surface area contributed by atoms with E-state index < -0.39 is 0 Å². The number of hydrogen-bond donors (Lipinski definition) is 1. The van der Waals surface area contributed by atoms with Gasteiger partial charge in [-0.2, -0.15) is 0 Å². The molecule has 1 saturated carbocycles. The molecular weight excluding hydrogens is 196 g/mol. The van der Waals surface area contributed by atoms with Gasteiger partial charge in [0.1, 0.15) is 0 Å². The van der Waals surface area contributed by atoms with Crippen LogP contribution in [0.15, 0.2) is 0 Å². The van der Waals surface area contributed by atoms with Gasteiger partial charge in [-0.25, -0.2) is 0 Å². The Balaban J connectivity index is 1.82. The summed E-state index contributed by atoms with van der Waals surface area (Å²) in [6, 6.07) is 1.68. The Hall–Kier alpha value is -0.0800. The molecule has 2 nitrogen and oxygen atoms in total. The third kappa shape index (κ3) is 3.46. The van der Waals surface area contributed by atoms with E-state index in [1.807, 2.05) is 0 Å². The molecule has 2 rings (SSSR count). The Morgan fingerprint density at radius 2 is 1.88 bits per heavy atom. The molecule has 2 fully saturated rings. The van der Waals surface area contributed by atoms with Crippen molar-refractivity contribution in [2.75, 3.05) is 19.6 Å². The van der Waals surface area contributed by atoms with Crippen molar-refractivity contribution < 1.29 is 0 Å². The van der Waals surface area contributed by atoms with E-state index in [-0.39, 0.29) is 0 Å². The maximum atomic E-state index is 3.64. The van der Waals surface area contributed by atoms with Crippen LogP contribution in [0.5, 0.6) is 0 Å². The molecular formula is C14H28N2. The van der Waals surface area contributed by atoms with E-state index in [0.29, 0.717) is 0 Å². The quantitative estimate of drug-likeness (QED) is 0.772. The van der Waals surface area contributed by atoms with Gasteiger partial charge in [-0.1, -0.05) is 26.2 Å². The lowest BCUT2D eigenvalue weighted by atomic mass is 9.93. The number of nitrogens with zero attached hydrogens (tertiary/aromatic N) is 1. The van der Waals surface area contributed by atoms with Crippen LogP contribution in [0.3, 0.4) is 0 Å². The first-order chi connectivity index (χ1) is 7.90. The first kappa shape index (κ1) is 12.4. The van der Waals surface area contributed by atoms with Crippen LogP contribution in [0.2, 0.25) is 0 Å². The molecule has 1 heterocycles. The van der Waals surface area contributed by atoms with Gasteiger partial charge in [0, 0.05) is 18.6 Å². The maximum Gasteiger partial charge on any atom is 0.0195 e. The third-order valence-electron chi connectivity index (χ3n) is 4.22. The van der Waals surface area contributed by atoms with Gasteiger partial charge < -0.3 is 5.32 Å². The molecule has 0 aromatic rings. The number of hydrogen-bond acceptors (Lipinski definition) is 2. The lowest BCUT2D eigenvalue weighted by Gasteiger charge is -2.35. The Kier molecular flexibility index (Phi) is 5.11. The van der Waals surface area contributed by atoms with Gasteiger partial charge in [0.15, 0.2) is 0 Å². The summed E-state index contributed by atoms with van der Waals surface area (Å²) in [5, 5.41) is 3.64. The van der Waals surface area contributed by atoms with Crippen LogP contribution >= 0.6 is 0 Å². The monoisotopic (exact) mass is 224 g/mol. The zero-order valence-corrected chi connectivity index (χ0v) is 10.9. The highest BCUT2D eigenvalue weighted by Crippen LogP contribution is 2.23. The van der Waals surface area contributed by atoms with Crippen molar-refractivity contribution in [1.29, 1.82) is 0 Å². The SMILES string of the molecule is CCCN(CC1CCCN1)C1CCCCC1. The first-order valence-corrected chi connectivity index (χ1v) is 7.37. The third-order valence-corrected chi connectivity index (χ3v) is 4.22. The number of rotatable bonds is 5. The fourth-order valence-electron chi connectivity index (χ4n) is 3.35. The second-order valence-corrected chi connectivity index (χ2v) is 5.58. The second kappa shape index (κ2) is 6.61. The molecule has 1 aliphatic carbocycles. The summed E-state index contributed by atoms with van der Waals surface area (Å²) in [7, 11) is 0. The average Bonchev–Trinajstić information content (AvgIpc) is 2.83. The Morgan fingerprint density at radius 3 is 2.50 bits per heavy atom. The van der Waals surface area contributed by atoms with E-state index >= 15 is 0 Å². The zero-order chi connectivity index (χ0) is 11.2. The predicted molar refractivity (Wildman–Crippen MR) is 69.8 cm³/mol. The van der Waals surface area contributed by atoms with Crippen LogP contribution in [-0.4, -0.2) is 36.6 Å². The minimum atomic E-state index is 0.786. The van der Waals surface area contributed by atoms with Crippen LogP contribution in [0.25, 0.3) is 0 Å². The average molecular weight is 224 g/mol. The molecule has 1 N–H and O–H groups in total. The van der Waals surface area contributed by atoms with Gasteiger partial charge in [-0.05, 0) is 45.2 Å². The summed E-state index contributed by atoms with van der Waals surface area (Å²) in [6.45, 7) is 6.18. The van der Waals surface area contributed by atoms with Gasteiger partial charge in [-0.3, -0.25) is 4.90 Å². The highest BCUT2D eigenvalue weighted by molar-refractivity contribution is 4.82. The summed E-state index contributed by atoms with van der Waals surface area (Å²) in [5.41, 5.74) is 0. The minimum Gasteiger partial charge on any atom is -0.313 e. The van der Waals surface area contributed by atoms with Gasteiger partial charge in [0.05, 0.1) is 0 Å². The van der Waals surface area contributed by atoms with E-state index in [2.05, 4.69) is 17.1 Å². The van der Waals surface area contributed by atoms with Crippen LogP contribution in [0.1, 0.15) is 58.3 Å². The normalized spacial score (nSPS) is 27.8. The Labute approximate surface area is 101 Å². The van der Waals surface area contributed by atoms with E-state index in [1.165, 1.54) is 71.0 Å². The summed E-state index contributed by atoms with van der Waals surface area (Å²) in [6.07, 6.45) is 11.4. The molecule has 1 saturated heterocycles. The molecule has 0 radical (unpaired) electrons. The molecule has 1 atom stereocenters. The van der Waals surface area contributed by atoms with Crippen molar-refractivity contribution in [3.63, 3.8) is 0 Å². The van der Waals surface area contributed by atoms with Crippen molar-refractivity contribution in [3.05, 3.63) is 0 Å². The summed E-state index contributed by atoms with van der Waals surface area (Å²) in [4.78, 5) is 2.78. The highest BCUT2D eigenvalue weighted by atomic mass is 15.2. The van der Waals surface area contributed by atoms with Gasteiger partial charge in [0.2, 0.25) is 0 Å². The molecule has 1 unspecified atom stereocenters. The summed E-state index contributed by atoms with van der Waals surface area (Å²) in [5.74, 6) is 0. The van der Waals surface area contributed by atoms with E-state index in [1.54, 1.807) is 0 Å². The molecule has 16 heavy (non-hydrogen) atoms. The molecule has 0 aromatic heterocycles. The van der Waals surface area contributed by atoms with Crippen LogP contribution in [-0.2, 0) is 0 Å². The zero-order valence-electron chi connectivity index (χ0n) is 10.9. The smallest absolute Gasteiger partial charge is 0.0195 e. The van der Waals surface area contributed by atoms with E-state index in [9.17, 15) is 0 Å². The standard InChI is InChI=1S/C14H28N2/c1-2-11-16(12-13-7-6-10-15-13)14-8-4-3-5-9-14/h13-15H,2-12H2,1H3. The van der Waals surface area contributed by atoms with Gasteiger partial charge in [0.25, 0.3) is 0 Å². The topological polar surface area (TPSA) is 15.3 Å². The largest absolute Gasteiger partial charge is 0.313 e. The van der Waals surface area contributed by atoms with Crippen LogP contribution in [0.4, 0.5) is 0 Å². The molecule has 2 heteroatoms. The van der Waals surface area contributed by atoms with Crippen molar-refractivity contribution in [2.24, 2.45) is 0 Å². The predicted octanol–water partition coefficient (Wildman–Crippen LogP) is 2.78. The van der Waals surface area contributed by atoms with Crippen LogP contribution in [0, 0.1) is 0 Å². The van der Waals surface area contributed by atoms with Gasteiger partial charge in [-0.15, -0.1) is 0 Å². The Bertz CT molecular complexity index is 181. The molecule has 1 aliphatic heterocycles. The summed E-state index contributed by atoms with van der Waals surface area (Å²) >= 11 is 0. The molecule has 0 spiro atoms. The van der Waals surface area contributed by atoms with Crippen molar-refractivity contribution >= 4 is 0 Å². The highest BCUT2D eigenvalue weighted by Gasteiger charge is 2.24. The van der Waals surface area contributed by atoms with Crippen molar-refractivity contribution in [3.8, 4) is 0 Å².